The van der Waals surface area contributed by atoms with Gasteiger partial charge < -0.3 is 15.0 Å². The molecule has 1 aliphatic heterocycles. The number of carbonyl (C=O) groups is 1. The van der Waals surface area contributed by atoms with Gasteiger partial charge in [-0.1, -0.05) is 12.1 Å². The average Bonchev–Trinajstić information content (AvgIpc) is 2.87. The molecule has 196 valence electrons. The smallest absolute Gasteiger partial charge is 0.416 e. The second-order valence-electron chi connectivity index (χ2n) is 8.52. The van der Waals surface area contributed by atoms with Gasteiger partial charge in [0.25, 0.3) is 0 Å². The highest BCUT2D eigenvalue weighted by Gasteiger charge is 2.37. The van der Waals surface area contributed by atoms with E-state index < -0.39 is 41.0 Å². The molecule has 12 heteroatoms. The lowest BCUT2D eigenvalue weighted by Gasteiger charge is -2.32. The van der Waals surface area contributed by atoms with E-state index in [1.807, 2.05) is 29.2 Å². The first-order valence-electron chi connectivity index (χ1n) is 11.3. The van der Waals surface area contributed by atoms with Crippen molar-refractivity contribution in [3.05, 3.63) is 65.7 Å². The second-order valence-corrected chi connectivity index (χ2v) is 8.52. The molecule has 0 aliphatic carbocycles. The van der Waals surface area contributed by atoms with Crippen LogP contribution in [0.5, 0.6) is 5.75 Å². The molecular weight excluding hydrogens is 502 g/mol. The fourth-order valence-electron chi connectivity index (χ4n) is 4.14. The summed E-state index contributed by atoms with van der Waals surface area (Å²) in [6.45, 7) is 0.828. The van der Waals surface area contributed by atoms with E-state index in [1.54, 1.807) is 19.2 Å². The highest BCUT2D eigenvalue weighted by molar-refractivity contribution is 5.93. The van der Waals surface area contributed by atoms with Gasteiger partial charge in [-0.3, -0.25) is 4.79 Å². The Hall–Kier alpha value is -3.83. The topological polar surface area (TPSA) is 67.3 Å². The highest BCUT2D eigenvalue weighted by atomic mass is 19.4. The van der Waals surface area contributed by atoms with E-state index in [1.165, 1.54) is 0 Å². The van der Waals surface area contributed by atoms with Crippen LogP contribution in [0.15, 0.2) is 54.6 Å². The number of ether oxygens (including phenoxy) is 1. The predicted molar refractivity (Wildman–Crippen MR) is 124 cm³/mol. The van der Waals surface area contributed by atoms with Gasteiger partial charge in [0.1, 0.15) is 5.75 Å². The molecule has 0 radical (unpaired) electrons. The number of nitrogens with zero attached hydrogens (tertiary/aromatic N) is 3. The quantitative estimate of drug-likeness (QED) is 0.412. The van der Waals surface area contributed by atoms with E-state index in [0.29, 0.717) is 55.3 Å². The molecule has 1 amide bonds. The molecule has 1 aromatic heterocycles. The van der Waals surface area contributed by atoms with Crippen LogP contribution in [0.3, 0.4) is 0 Å². The zero-order valence-electron chi connectivity index (χ0n) is 19.5. The predicted octanol–water partition coefficient (Wildman–Crippen LogP) is 6.04. The summed E-state index contributed by atoms with van der Waals surface area (Å²) in [7, 11) is 1.56. The number of methoxy groups -OCH3 is 1. The fourth-order valence-corrected chi connectivity index (χ4v) is 4.14. The third-order valence-electron chi connectivity index (χ3n) is 6.08. The minimum absolute atomic E-state index is 0.0221. The van der Waals surface area contributed by atoms with Crippen LogP contribution >= 0.6 is 0 Å². The second kappa shape index (κ2) is 10.3. The van der Waals surface area contributed by atoms with Gasteiger partial charge in [0.05, 0.1) is 23.9 Å². The summed E-state index contributed by atoms with van der Waals surface area (Å²) in [6.07, 6.45) is -9.30. The standard InChI is InChI=1S/C25H22F6N4O2/c1-37-21-5-3-2-4-19(21)20-6-7-22(34-33-20)35-10-8-15(9-11-35)23(36)32-18-13-16(24(26,27)28)12-17(14-18)25(29,30)31/h2-7,12-15H,8-11H2,1H3,(H,32,36). The fraction of sp³-hybridized carbons (Fsp3) is 0.320. The van der Waals surface area contributed by atoms with E-state index in [4.69, 9.17) is 4.74 Å². The maximum atomic E-state index is 13.1. The van der Waals surface area contributed by atoms with Crippen molar-refractivity contribution in [3.63, 3.8) is 0 Å². The van der Waals surface area contributed by atoms with E-state index in [9.17, 15) is 31.1 Å². The molecule has 1 fully saturated rings. The zero-order valence-corrected chi connectivity index (χ0v) is 19.5. The highest BCUT2D eigenvalue weighted by Crippen LogP contribution is 2.38. The molecule has 0 atom stereocenters. The number of para-hydroxylation sites is 1. The lowest BCUT2D eigenvalue weighted by Crippen LogP contribution is -2.38. The molecular formula is C25H22F6N4O2. The summed E-state index contributed by atoms with van der Waals surface area (Å²) < 4.78 is 83.9. The number of hydrogen-bond donors (Lipinski definition) is 1. The van der Waals surface area contributed by atoms with E-state index in [-0.39, 0.29) is 6.07 Å². The number of aromatic nitrogens is 2. The number of amides is 1. The molecule has 1 aliphatic rings. The number of anilines is 2. The molecule has 3 aromatic rings. The van der Waals surface area contributed by atoms with Crippen LogP contribution in [0.1, 0.15) is 24.0 Å². The van der Waals surface area contributed by atoms with Crippen molar-refractivity contribution in [2.75, 3.05) is 30.4 Å². The molecule has 2 aromatic carbocycles. The number of alkyl halides is 6. The Balaban J connectivity index is 1.41. The van der Waals surface area contributed by atoms with Gasteiger partial charge in [0.2, 0.25) is 5.91 Å². The molecule has 0 spiro atoms. The number of rotatable bonds is 5. The van der Waals surface area contributed by atoms with Crippen molar-refractivity contribution < 1.29 is 35.9 Å². The van der Waals surface area contributed by atoms with E-state index in [2.05, 4.69) is 15.5 Å². The molecule has 0 bridgehead atoms. The van der Waals surface area contributed by atoms with Gasteiger partial charge >= 0.3 is 12.4 Å². The third kappa shape index (κ3) is 6.12. The lowest BCUT2D eigenvalue weighted by molar-refractivity contribution is -0.143. The minimum atomic E-state index is -4.99. The van der Waals surface area contributed by atoms with Crippen LogP contribution in [-0.2, 0) is 17.1 Å². The van der Waals surface area contributed by atoms with Crippen LogP contribution in [0.25, 0.3) is 11.3 Å². The van der Waals surface area contributed by atoms with Gasteiger partial charge in [0.15, 0.2) is 5.82 Å². The van der Waals surface area contributed by atoms with Gasteiger partial charge in [-0.05, 0) is 55.3 Å². The Morgan fingerprint density at radius 3 is 2.08 bits per heavy atom. The van der Waals surface area contributed by atoms with Crippen molar-refractivity contribution in [3.8, 4) is 17.0 Å². The maximum Gasteiger partial charge on any atom is 0.416 e. The Kier molecular flexibility index (Phi) is 7.28. The normalized spacial score (nSPS) is 14.9. The summed E-state index contributed by atoms with van der Waals surface area (Å²) in [4.78, 5) is 14.6. The lowest BCUT2D eigenvalue weighted by atomic mass is 9.95. The van der Waals surface area contributed by atoms with E-state index in [0.717, 1.165) is 5.56 Å². The number of nitrogens with one attached hydrogen (secondary N) is 1. The van der Waals surface area contributed by atoms with Gasteiger partial charge in [-0.15, -0.1) is 10.2 Å². The van der Waals surface area contributed by atoms with Crippen LogP contribution in [0.2, 0.25) is 0 Å². The largest absolute Gasteiger partial charge is 0.496 e. The summed E-state index contributed by atoms with van der Waals surface area (Å²) in [5.74, 6) is 0.0235. The minimum Gasteiger partial charge on any atom is -0.496 e. The number of halogens is 6. The monoisotopic (exact) mass is 524 g/mol. The van der Waals surface area contributed by atoms with Crippen LogP contribution in [0, 0.1) is 5.92 Å². The van der Waals surface area contributed by atoms with Crippen molar-refractivity contribution >= 4 is 17.4 Å². The first kappa shape index (κ1) is 26.2. The Labute approximate surface area is 208 Å². The number of carbonyl (C=O) groups excluding carboxylic acids is 1. The average molecular weight is 524 g/mol. The Morgan fingerprint density at radius 2 is 1.54 bits per heavy atom. The molecule has 4 rings (SSSR count). The van der Waals surface area contributed by atoms with Crippen molar-refractivity contribution in [2.45, 2.75) is 25.2 Å². The van der Waals surface area contributed by atoms with E-state index >= 15 is 0 Å². The summed E-state index contributed by atoms with van der Waals surface area (Å²) in [5.41, 5.74) is -2.12. The Bertz CT molecular complexity index is 1220. The van der Waals surface area contributed by atoms with Crippen molar-refractivity contribution in [1.29, 1.82) is 0 Å². The molecule has 2 heterocycles. The first-order chi connectivity index (χ1) is 17.5. The maximum absolute atomic E-state index is 13.1. The third-order valence-corrected chi connectivity index (χ3v) is 6.08. The molecule has 1 N–H and O–H groups in total. The van der Waals surface area contributed by atoms with Gasteiger partial charge in [0, 0.05) is 30.3 Å². The molecule has 37 heavy (non-hydrogen) atoms. The summed E-state index contributed by atoms with van der Waals surface area (Å²) in [5, 5.41) is 10.8. The van der Waals surface area contributed by atoms with Crippen LogP contribution in [0.4, 0.5) is 37.8 Å². The molecule has 0 saturated carbocycles. The molecule has 0 unspecified atom stereocenters. The van der Waals surface area contributed by atoms with Crippen molar-refractivity contribution in [2.24, 2.45) is 5.92 Å². The van der Waals surface area contributed by atoms with Crippen LogP contribution < -0.4 is 15.0 Å². The Morgan fingerprint density at radius 1 is 0.919 bits per heavy atom. The first-order valence-corrected chi connectivity index (χ1v) is 11.3. The number of piperidine rings is 1. The van der Waals surface area contributed by atoms with Crippen LogP contribution in [-0.4, -0.2) is 36.3 Å². The molecule has 1 saturated heterocycles. The molecule has 6 nitrogen and oxygen atoms in total. The summed E-state index contributed by atoms with van der Waals surface area (Å²) in [6, 6.07) is 12.0. The zero-order chi connectivity index (χ0) is 26.8. The van der Waals surface area contributed by atoms with Crippen molar-refractivity contribution in [1.82, 2.24) is 10.2 Å². The number of benzene rings is 2. The van der Waals surface area contributed by atoms with Gasteiger partial charge in [-0.25, -0.2) is 0 Å². The van der Waals surface area contributed by atoms with Gasteiger partial charge in [-0.2, -0.15) is 26.3 Å². The number of hydrogen-bond acceptors (Lipinski definition) is 5. The SMILES string of the molecule is COc1ccccc1-c1ccc(N2CCC(C(=O)Nc3cc(C(F)(F)F)cc(C(F)(F)F)c3)CC2)nn1. The summed E-state index contributed by atoms with van der Waals surface area (Å²) >= 11 is 0.